The summed E-state index contributed by atoms with van der Waals surface area (Å²) in [5.41, 5.74) is 0.153. The van der Waals surface area contributed by atoms with Crippen LogP contribution in [0.25, 0.3) is 0 Å². The monoisotopic (exact) mass is 330 g/mol. The van der Waals surface area contributed by atoms with Crippen molar-refractivity contribution >= 4 is 21.9 Å². The smallest absolute Gasteiger partial charge is 0.330 e. The number of rotatable bonds is 6. The van der Waals surface area contributed by atoms with E-state index in [0.717, 1.165) is 11.4 Å². The summed E-state index contributed by atoms with van der Waals surface area (Å²) in [5, 5.41) is 11.3. The van der Waals surface area contributed by atoms with Crippen LogP contribution in [0.5, 0.6) is 0 Å². The van der Waals surface area contributed by atoms with E-state index in [4.69, 9.17) is 5.11 Å². The topological polar surface area (TPSA) is 113 Å². The van der Waals surface area contributed by atoms with Gasteiger partial charge in [-0.15, -0.1) is 0 Å². The molecule has 2 N–H and O–H groups in total. The Morgan fingerprint density at radius 3 is 2.23 bits per heavy atom. The second-order valence-corrected chi connectivity index (χ2v) is 6.70. The Kier molecular flexibility index (Phi) is 6.03. The van der Waals surface area contributed by atoms with Crippen LogP contribution in [0, 0.1) is 0 Å². The molecule has 0 heterocycles. The second kappa shape index (κ2) is 7.34. The van der Waals surface area contributed by atoms with Crippen LogP contribution in [-0.4, -0.2) is 63.6 Å². The van der Waals surface area contributed by atoms with Gasteiger partial charge in [0.2, 0.25) is 10.0 Å². The number of sulfonamides is 1. The average molecular weight is 330 g/mol. The molecule has 1 atom stereocenters. The van der Waals surface area contributed by atoms with Crippen LogP contribution in [-0.2, 0) is 19.6 Å². The predicted molar refractivity (Wildman–Crippen MR) is 77.7 cm³/mol. The molecule has 9 heteroatoms. The van der Waals surface area contributed by atoms with Crippen molar-refractivity contribution in [3.8, 4) is 0 Å². The largest absolute Gasteiger partial charge is 0.467 e. The highest BCUT2D eigenvalue weighted by Crippen LogP contribution is 2.14. The third-order valence-corrected chi connectivity index (χ3v) is 4.70. The number of aliphatic hydroxyl groups excluding tert-OH is 1. The molecule has 0 bridgehead atoms. The molecular weight excluding hydrogens is 312 g/mol. The second-order valence-electron chi connectivity index (χ2n) is 4.54. The number of nitrogens with one attached hydrogen (secondary N) is 1. The Hall–Kier alpha value is -1.97. The molecule has 0 aliphatic carbocycles. The molecule has 1 rings (SSSR count). The first kappa shape index (κ1) is 18.1. The van der Waals surface area contributed by atoms with E-state index >= 15 is 0 Å². The van der Waals surface area contributed by atoms with Crippen molar-refractivity contribution in [2.24, 2.45) is 0 Å². The zero-order valence-corrected chi connectivity index (χ0v) is 13.3. The Morgan fingerprint density at radius 1 is 1.27 bits per heavy atom. The number of hydrogen-bond donors (Lipinski definition) is 2. The number of benzene rings is 1. The molecule has 0 aromatic heterocycles. The normalized spacial score (nSPS) is 12.8. The lowest BCUT2D eigenvalue weighted by Crippen LogP contribution is -2.44. The van der Waals surface area contributed by atoms with Gasteiger partial charge in [0.1, 0.15) is 0 Å². The van der Waals surface area contributed by atoms with Gasteiger partial charge in [-0.1, -0.05) is 0 Å². The van der Waals surface area contributed by atoms with Crippen LogP contribution in [0.2, 0.25) is 0 Å². The highest BCUT2D eigenvalue weighted by Gasteiger charge is 2.22. The van der Waals surface area contributed by atoms with Crippen molar-refractivity contribution in [2.75, 3.05) is 27.8 Å². The molecular formula is C13H18N2O6S. The molecule has 122 valence electrons. The van der Waals surface area contributed by atoms with Crippen LogP contribution in [0.4, 0.5) is 0 Å². The summed E-state index contributed by atoms with van der Waals surface area (Å²) >= 11 is 0. The number of carbonyl (C=O) groups is 2. The molecule has 0 spiro atoms. The molecule has 0 radical (unpaired) electrons. The first-order chi connectivity index (χ1) is 10.2. The number of aliphatic hydroxyl groups is 1. The highest BCUT2D eigenvalue weighted by molar-refractivity contribution is 7.89. The Labute approximate surface area is 128 Å². The SMILES string of the molecule is COC(=O)[C@@H](CO)NC(=O)c1ccc(S(=O)(=O)N(C)C)cc1. The maximum atomic E-state index is 11.9. The van der Waals surface area contributed by atoms with Gasteiger partial charge < -0.3 is 15.2 Å². The summed E-state index contributed by atoms with van der Waals surface area (Å²) < 4.78 is 29.3. The van der Waals surface area contributed by atoms with E-state index in [9.17, 15) is 18.0 Å². The van der Waals surface area contributed by atoms with Gasteiger partial charge >= 0.3 is 5.97 Å². The molecule has 1 aromatic carbocycles. The third-order valence-electron chi connectivity index (χ3n) is 2.87. The van der Waals surface area contributed by atoms with E-state index in [1.807, 2.05) is 0 Å². The van der Waals surface area contributed by atoms with Gasteiger partial charge in [0.05, 0.1) is 18.6 Å². The molecule has 0 saturated heterocycles. The summed E-state index contributed by atoms with van der Waals surface area (Å²) in [6.45, 7) is -0.606. The molecule has 8 nitrogen and oxygen atoms in total. The minimum Gasteiger partial charge on any atom is -0.467 e. The fourth-order valence-corrected chi connectivity index (χ4v) is 2.45. The first-order valence-electron chi connectivity index (χ1n) is 6.26. The number of amides is 1. The third kappa shape index (κ3) is 4.03. The van der Waals surface area contributed by atoms with Gasteiger partial charge in [-0.05, 0) is 24.3 Å². The molecule has 22 heavy (non-hydrogen) atoms. The van der Waals surface area contributed by atoms with Gasteiger partial charge in [-0.2, -0.15) is 0 Å². The van der Waals surface area contributed by atoms with E-state index in [1.165, 1.54) is 38.4 Å². The maximum absolute atomic E-state index is 11.9. The van der Waals surface area contributed by atoms with E-state index in [0.29, 0.717) is 0 Å². The van der Waals surface area contributed by atoms with Gasteiger partial charge in [0.25, 0.3) is 5.91 Å². The molecule has 0 fully saturated rings. The molecule has 0 unspecified atom stereocenters. The molecule has 0 aliphatic heterocycles. The number of ether oxygens (including phenoxy) is 1. The van der Waals surface area contributed by atoms with Crippen LogP contribution in [0.3, 0.4) is 0 Å². The van der Waals surface area contributed by atoms with Crippen LogP contribution in [0.15, 0.2) is 29.2 Å². The zero-order valence-electron chi connectivity index (χ0n) is 12.4. The van der Waals surface area contributed by atoms with Crippen molar-refractivity contribution in [3.63, 3.8) is 0 Å². The number of esters is 1. The predicted octanol–water partition coefficient (Wildman–Crippen LogP) is -0.799. The number of methoxy groups -OCH3 is 1. The number of hydrogen-bond acceptors (Lipinski definition) is 6. The fraction of sp³-hybridized carbons (Fsp3) is 0.385. The minimum atomic E-state index is -3.58. The van der Waals surface area contributed by atoms with E-state index in [1.54, 1.807) is 0 Å². The Bertz CT molecular complexity index is 639. The molecule has 0 aliphatic rings. The maximum Gasteiger partial charge on any atom is 0.330 e. The average Bonchev–Trinajstić information content (AvgIpc) is 2.51. The number of nitrogens with zero attached hydrogens (tertiary/aromatic N) is 1. The van der Waals surface area contributed by atoms with Crippen molar-refractivity contribution in [1.82, 2.24) is 9.62 Å². The van der Waals surface area contributed by atoms with Crippen molar-refractivity contribution in [3.05, 3.63) is 29.8 Å². The van der Waals surface area contributed by atoms with Crippen molar-refractivity contribution in [2.45, 2.75) is 10.9 Å². The van der Waals surface area contributed by atoms with Gasteiger partial charge in [0.15, 0.2) is 6.04 Å². The van der Waals surface area contributed by atoms with Crippen molar-refractivity contribution in [1.29, 1.82) is 0 Å². The molecule has 0 saturated carbocycles. The van der Waals surface area contributed by atoms with Crippen molar-refractivity contribution < 1.29 is 27.9 Å². The lowest BCUT2D eigenvalue weighted by Gasteiger charge is -2.14. The lowest BCUT2D eigenvalue weighted by molar-refractivity contribution is -0.143. The Morgan fingerprint density at radius 2 is 1.82 bits per heavy atom. The van der Waals surface area contributed by atoms with Gasteiger partial charge in [-0.3, -0.25) is 4.79 Å². The quantitative estimate of drug-likeness (QED) is 0.660. The van der Waals surface area contributed by atoms with E-state index in [-0.39, 0.29) is 10.5 Å². The summed E-state index contributed by atoms with van der Waals surface area (Å²) in [5.74, 6) is -1.40. The number of carbonyl (C=O) groups excluding carboxylic acids is 2. The summed E-state index contributed by atoms with van der Waals surface area (Å²) in [6, 6.07) is 4.03. The summed E-state index contributed by atoms with van der Waals surface area (Å²) in [7, 11) is 0.362. The summed E-state index contributed by atoms with van der Waals surface area (Å²) in [6.07, 6.45) is 0. The summed E-state index contributed by atoms with van der Waals surface area (Å²) in [4.78, 5) is 23.3. The van der Waals surface area contributed by atoms with E-state index < -0.39 is 34.5 Å². The van der Waals surface area contributed by atoms with E-state index in [2.05, 4.69) is 10.1 Å². The minimum absolute atomic E-state index is 0.0423. The first-order valence-corrected chi connectivity index (χ1v) is 7.70. The molecule has 1 amide bonds. The zero-order chi connectivity index (χ0) is 16.9. The fourth-order valence-electron chi connectivity index (χ4n) is 1.55. The van der Waals surface area contributed by atoms with Gasteiger partial charge in [-0.25, -0.2) is 17.5 Å². The lowest BCUT2D eigenvalue weighted by atomic mass is 10.2. The standard InChI is InChI=1S/C13H18N2O6S/c1-15(2)22(19,20)10-6-4-9(5-7-10)12(17)14-11(8-16)13(18)21-3/h4-7,11,16H,8H2,1-3H3,(H,14,17)/t11-/m1/s1. The van der Waals surface area contributed by atoms with Crippen LogP contribution in [0.1, 0.15) is 10.4 Å². The highest BCUT2D eigenvalue weighted by atomic mass is 32.2. The van der Waals surface area contributed by atoms with Gasteiger partial charge in [0, 0.05) is 19.7 Å². The van der Waals surface area contributed by atoms with Crippen LogP contribution >= 0.6 is 0 Å². The van der Waals surface area contributed by atoms with Crippen LogP contribution < -0.4 is 5.32 Å². The Balaban J connectivity index is 2.91. The molecule has 1 aromatic rings.